The standard InChI is InChI=1S/C15H17F2NO3/c16-10-5-4-6-11(17)13(10)18-12(19)9-15(14(20)21)7-2-1-3-8-15/h4-6H,1-3,7-9H2,(H,18,19)(H,20,21). The van der Waals surface area contributed by atoms with E-state index < -0.39 is 34.6 Å². The van der Waals surface area contributed by atoms with Crippen molar-refractivity contribution in [1.29, 1.82) is 0 Å². The Kier molecular flexibility index (Phi) is 4.55. The number of para-hydroxylation sites is 1. The van der Waals surface area contributed by atoms with Gasteiger partial charge in [0.25, 0.3) is 0 Å². The van der Waals surface area contributed by atoms with Gasteiger partial charge in [-0.15, -0.1) is 0 Å². The number of rotatable bonds is 4. The van der Waals surface area contributed by atoms with Gasteiger partial charge in [-0.2, -0.15) is 0 Å². The zero-order chi connectivity index (χ0) is 15.5. The van der Waals surface area contributed by atoms with E-state index in [2.05, 4.69) is 5.32 Å². The summed E-state index contributed by atoms with van der Waals surface area (Å²) >= 11 is 0. The van der Waals surface area contributed by atoms with Crippen LogP contribution in [0.1, 0.15) is 38.5 Å². The molecule has 0 bridgehead atoms. The van der Waals surface area contributed by atoms with E-state index >= 15 is 0 Å². The molecule has 2 rings (SSSR count). The van der Waals surface area contributed by atoms with Crippen molar-refractivity contribution in [2.24, 2.45) is 5.41 Å². The highest BCUT2D eigenvalue weighted by Gasteiger charge is 2.41. The Morgan fingerprint density at radius 2 is 1.71 bits per heavy atom. The Bertz CT molecular complexity index is 534. The highest BCUT2D eigenvalue weighted by Crippen LogP contribution is 2.40. The molecule has 21 heavy (non-hydrogen) atoms. The van der Waals surface area contributed by atoms with Gasteiger partial charge in [-0.25, -0.2) is 8.78 Å². The molecule has 1 aliphatic rings. The van der Waals surface area contributed by atoms with Gasteiger partial charge in [-0.05, 0) is 25.0 Å². The van der Waals surface area contributed by atoms with Crippen molar-refractivity contribution < 1.29 is 23.5 Å². The number of anilines is 1. The number of carbonyl (C=O) groups excluding carboxylic acids is 1. The van der Waals surface area contributed by atoms with Crippen molar-refractivity contribution in [2.45, 2.75) is 38.5 Å². The van der Waals surface area contributed by atoms with Crippen LogP contribution in [0.3, 0.4) is 0 Å². The highest BCUT2D eigenvalue weighted by atomic mass is 19.1. The van der Waals surface area contributed by atoms with Crippen LogP contribution in [-0.4, -0.2) is 17.0 Å². The van der Waals surface area contributed by atoms with Gasteiger partial charge < -0.3 is 10.4 Å². The summed E-state index contributed by atoms with van der Waals surface area (Å²) < 4.78 is 26.9. The van der Waals surface area contributed by atoms with Gasteiger partial charge >= 0.3 is 5.97 Å². The molecule has 0 radical (unpaired) electrons. The van der Waals surface area contributed by atoms with Crippen LogP contribution in [0.5, 0.6) is 0 Å². The largest absolute Gasteiger partial charge is 0.481 e. The Morgan fingerprint density at radius 3 is 2.24 bits per heavy atom. The van der Waals surface area contributed by atoms with E-state index in [4.69, 9.17) is 0 Å². The predicted octanol–water partition coefficient (Wildman–Crippen LogP) is 3.33. The smallest absolute Gasteiger partial charge is 0.310 e. The predicted molar refractivity (Wildman–Crippen MR) is 72.8 cm³/mol. The molecule has 4 nitrogen and oxygen atoms in total. The number of aliphatic carboxylic acids is 1. The van der Waals surface area contributed by atoms with Crippen LogP contribution in [0.4, 0.5) is 14.5 Å². The molecule has 6 heteroatoms. The van der Waals surface area contributed by atoms with Crippen molar-refractivity contribution in [3.63, 3.8) is 0 Å². The van der Waals surface area contributed by atoms with E-state index in [1.807, 2.05) is 0 Å². The van der Waals surface area contributed by atoms with Gasteiger partial charge in [-0.1, -0.05) is 25.3 Å². The van der Waals surface area contributed by atoms with Gasteiger partial charge in [0.2, 0.25) is 5.91 Å². The fourth-order valence-electron chi connectivity index (χ4n) is 2.80. The molecule has 1 amide bonds. The lowest BCUT2D eigenvalue weighted by molar-refractivity contribution is -0.153. The Morgan fingerprint density at radius 1 is 1.14 bits per heavy atom. The lowest BCUT2D eigenvalue weighted by Crippen LogP contribution is -2.37. The second-order valence-electron chi connectivity index (χ2n) is 5.47. The van der Waals surface area contributed by atoms with Crippen molar-refractivity contribution >= 4 is 17.6 Å². The van der Waals surface area contributed by atoms with E-state index in [-0.39, 0.29) is 6.42 Å². The van der Waals surface area contributed by atoms with Crippen LogP contribution in [0, 0.1) is 17.0 Å². The average Bonchev–Trinajstić information content (AvgIpc) is 2.44. The molecular weight excluding hydrogens is 280 g/mol. The molecule has 0 unspecified atom stereocenters. The molecular formula is C15H17F2NO3. The van der Waals surface area contributed by atoms with Crippen molar-refractivity contribution in [1.82, 2.24) is 0 Å². The van der Waals surface area contributed by atoms with Gasteiger partial charge in [0.1, 0.15) is 17.3 Å². The lowest BCUT2D eigenvalue weighted by Gasteiger charge is -2.32. The number of carboxylic acid groups (broad SMARTS) is 1. The summed E-state index contributed by atoms with van der Waals surface area (Å²) in [4.78, 5) is 23.5. The minimum Gasteiger partial charge on any atom is -0.481 e. The minimum absolute atomic E-state index is 0.268. The fourth-order valence-corrected chi connectivity index (χ4v) is 2.80. The van der Waals surface area contributed by atoms with Crippen molar-refractivity contribution in [3.05, 3.63) is 29.8 Å². The maximum Gasteiger partial charge on any atom is 0.310 e. The average molecular weight is 297 g/mol. The minimum atomic E-state index is -1.12. The maximum atomic E-state index is 13.5. The topological polar surface area (TPSA) is 66.4 Å². The first-order valence-electron chi connectivity index (χ1n) is 6.92. The monoisotopic (exact) mass is 297 g/mol. The van der Waals surface area contributed by atoms with E-state index in [0.717, 1.165) is 31.4 Å². The third kappa shape index (κ3) is 3.37. The molecule has 0 spiro atoms. The van der Waals surface area contributed by atoms with E-state index in [9.17, 15) is 23.5 Å². The Labute approximate surface area is 121 Å². The van der Waals surface area contributed by atoms with Gasteiger partial charge in [-0.3, -0.25) is 9.59 Å². The molecule has 1 aromatic carbocycles. The summed E-state index contributed by atoms with van der Waals surface area (Å²) in [6, 6.07) is 3.26. The quantitative estimate of drug-likeness (QED) is 0.895. The second-order valence-corrected chi connectivity index (χ2v) is 5.47. The van der Waals surface area contributed by atoms with Crippen LogP contribution >= 0.6 is 0 Å². The van der Waals surface area contributed by atoms with Gasteiger partial charge in [0.05, 0.1) is 5.41 Å². The summed E-state index contributed by atoms with van der Waals surface area (Å²) in [7, 11) is 0. The number of carbonyl (C=O) groups is 2. The third-order valence-electron chi connectivity index (χ3n) is 3.99. The molecule has 1 aliphatic carbocycles. The van der Waals surface area contributed by atoms with Crippen LogP contribution in [0.25, 0.3) is 0 Å². The summed E-state index contributed by atoms with van der Waals surface area (Å²) in [5.74, 6) is -3.46. The molecule has 1 aromatic rings. The molecule has 0 heterocycles. The highest BCUT2D eigenvalue weighted by molar-refractivity contribution is 5.94. The van der Waals surface area contributed by atoms with Crippen molar-refractivity contribution in [2.75, 3.05) is 5.32 Å². The number of hydrogen-bond donors (Lipinski definition) is 2. The summed E-state index contributed by atoms with van der Waals surface area (Å²) in [6.07, 6.45) is 2.99. The third-order valence-corrected chi connectivity index (χ3v) is 3.99. The summed E-state index contributed by atoms with van der Waals surface area (Å²) in [6.45, 7) is 0. The Hall–Kier alpha value is -1.98. The first-order valence-corrected chi connectivity index (χ1v) is 6.92. The van der Waals surface area contributed by atoms with Crippen LogP contribution in [-0.2, 0) is 9.59 Å². The molecule has 1 saturated carbocycles. The summed E-state index contributed by atoms with van der Waals surface area (Å²) in [5, 5.41) is 11.5. The molecule has 0 atom stereocenters. The molecule has 0 aliphatic heterocycles. The van der Waals surface area contributed by atoms with Crippen LogP contribution in [0.2, 0.25) is 0 Å². The number of benzene rings is 1. The molecule has 1 fully saturated rings. The number of halogens is 2. The number of nitrogens with one attached hydrogen (secondary N) is 1. The zero-order valence-corrected chi connectivity index (χ0v) is 11.5. The van der Waals surface area contributed by atoms with Gasteiger partial charge in [0, 0.05) is 6.42 Å². The first-order chi connectivity index (χ1) is 9.94. The molecule has 0 saturated heterocycles. The maximum absolute atomic E-state index is 13.5. The SMILES string of the molecule is O=C(CC1(C(=O)O)CCCCC1)Nc1c(F)cccc1F. The normalized spacial score (nSPS) is 17.2. The Balaban J connectivity index is 2.11. The molecule has 0 aromatic heterocycles. The zero-order valence-electron chi connectivity index (χ0n) is 11.5. The van der Waals surface area contributed by atoms with Crippen molar-refractivity contribution in [3.8, 4) is 0 Å². The van der Waals surface area contributed by atoms with E-state index in [0.29, 0.717) is 12.8 Å². The summed E-state index contributed by atoms with van der Waals surface area (Å²) in [5.41, 5.74) is -1.65. The molecule has 2 N–H and O–H groups in total. The fraction of sp³-hybridized carbons (Fsp3) is 0.467. The van der Waals surface area contributed by atoms with Gasteiger partial charge in [0.15, 0.2) is 0 Å². The number of hydrogen-bond acceptors (Lipinski definition) is 2. The number of amides is 1. The first kappa shape index (κ1) is 15.4. The number of carboxylic acids is 1. The van der Waals surface area contributed by atoms with E-state index in [1.54, 1.807) is 0 Å². The van der Waals surface area contributed by atoms with Crippen LogP contribution < -0.4 is 5.32 Å². The molecule has 114 valence electrons. The second kappa shape index (κ2) is 6.20. The van der Waals surface area contributed by atoms with E-state index in [1.165, 1.54) is 6.07 Å². The lowest BCUT2D eigenvalue weighted by atomic mass is 9.71. The van der Waals surface area contributed by atoms with Crippen LogP contribution in [0.15, 0.2) is 18.2 Å².